The summed E-state index contributed by atoms with van der Waals surface area (Å²) in [5, 5.41) is 25.3. The monoisotopic (exact) mass is 281 g/mol. The SMILES string of the molecule is CCC(C)C(O)CNC(=O)Nc1ccc([N+](=O)[O-])cc1. The van der Waals surface area contributed by atoms with Crippen molar-refractivity contribution in [3.8, 4) is 0 Å². The fourth-order valence-corrected chi connectivity index (χ4v) is 1.51. The summed E-state index contributed by atoms with van der Waals surface area (Å²) >= 11 is 0. The minimum Gasteiger partial charge on any atom is -0.391 e. The molecule has 0 aliphatic heterocycles. The number of benzene rings is 1. The highest BCUT2D eigenvalue weighted by molar-refractivity contribution is 5.89. The first-order chi connectivity index (χ1) is 9.43. The van der Waals surface area contributed by atoms with E-state index >= 15 is 0 Å². The van der Waals surface area contributed by atoms with Crippen LogP contribution in [0.25, 0.3) is 0 Å². The van der Waals surface area contributed by atoms with Gasteiger partial charge in [0.1, 0.15) is 0 Å². The van der Waals surface area contributed by atoms with E-state index in [9.17, 15) is 20.0 Å². The van der Waals surface area contributed by atoms with E-state index in [1.807, 2.05) is 13.8 Å². The smallest absolute Gasteiger partial charge is 0.319 e. The van der Waals surface area contributed by atoms with Crippen LogP contribution in [-0.2, 0) is 0 Å². The van der Waals surface area contributed by atoms with Gasteiger partial charge < -0.3 is 15.7 Å². The number of carbonyl (C=O) groups is 1. The van der Waals surface area contributed by atoms with Gasteiger partial charge in [-0.1, -0.05) is 20.3 Å². The number of nitrogens with zero attached hydrogens (tertiary/aromatic N) is 1. The third kappa shape index (κ3) is 4.85. The number of nitrogens with one attached hydrogen (secondary N) is 2. The van der Waals surface area contributed by atoms with Crippen molar-refractivity contribution in [3.05, 3.63) is 34.4 Å². The van der Waals surface area contributed by atoms with Crippen molar-refractivity contribution in [1.82, 2.24) is 5.32 Å². The Kier molecular flexibility index (Phi) is 5.92. The van der Waals surface area contributed by atoms with Crippen molar-refractivity contribution in [2.45, 2.75) is 26.4 Å². The lowest BCUT2D eigenvalue weighted by Gasteiger charge is -2.17. The maximum absolute atomic E-state index is 11.6. The molecule has 2 atom stereocenters. The zero-order chi connectivity index (χ0) is 15.1. The molecule has 7 nitrogen and oxygen atoms in total. The molecule has 1 aromatic carbocycles. The lowest BCUT2D eigenvalue weighted by molar-refractivity contribution is -0.384. The summed E-state index contributed by atoms with van der Waals surface area (Å²) in [7, 11) is 0. The van der Waals surface area contributed by atoms with Gasteiger partial charge in [-0.15, -0.1) is 0 Å². The minimum atomic E-state index is -0.595. The van der Waals surface area contributed by atoms with E-state index in [1.54, 1.807) is 0 Å². The molecule has 0 aliphatic rings. The number of nitro groups is 1. The van der Waals surface area contributed by atoms with Crippen LogP contribution in [0.4, 0.5) is 16.2 Å². The number of non-ortho nitro benzene ring substituents is 1. The van der Waals surface area contributed by atoms with Gasteiger partial charge in [-0.05, 0) is 18.1 Å². The van der Waals surface area contributed by atoms with E-state index in [1.165, 1.54) is 24.3 Å². The average molecular weight is 281 g/mol. The Balaban J connectivity index is 2.44. The van der Waals surface area contributed by atoms with E-state index < -0.39 is 17.1 Å². The normalized spacial score (nSPS) is 13.3. The Hall–Kier alpha value is -2.15. The van der Waals surface area contributed by atoms with Gasteiger partial charge in [-0.3, -0.25) is 10.1 Å². The molecule has 0 saturated carbocycles. The lowest BCUT2D eigenvalue weighted by Crippen LogP contribution is -2.37. The summed E-state index contributed by atoms with van der Waals surface area (Å²) in [6, 6.07) is 5.06. The fourth-order valence-electron chi connectivity index (χ4n) is 1.51. The number of amides is 2. The molecule has 0 saturated heterocycles. The van der Waals surface area contributed by atoms with Gasteiger partial charge in [0.05, 0.1) is 11.0 Å². The Bertz CT molecular complexity index is 461. The summed E-state index contributed by atoms with van der Waals surface area (Å²) in [6.45, 7) is 4.03. The first-order valence-corrected chi connectivity index (χ1v) is 6.41. The zero-order valence-corrected chi connectivity index (χ0v) is 11.5. The van der Waals surface area contributed by atoms with Crippen molar-refractivity contribution in [1.29, 1.82) is 0 Å². The molecule has 0 bridgehead atoms. The summed E-state index contributed by atoms with van der Waals surface area (Å²) in [6.07, 6.45) is 0.231. The van der Waals surface area contributed by atoms with Gasteiger partial charge >= 0.3 is 6.03 Å². The first kappa shape index (κ1) is 15.9. The molecule has 20 heavy (non-hydrogen) atoms. The maximum atomic E-state index is 11.6. The zero-order valence-electron chi connectivity index (χ0n) is 11.5. The predicted octanol–water partition coefficient (Wildman–Crippen LogP) is 2.12. The van der Waals surface area contributed by atoms with Gasteiger partial charge in [-0.2, -0.15) is 0 Å². The first-order valence-electron chi connectivity index (χ1n) is 6.41. The van der Waals surface area contributed by atoms with Crippen LogP contribution in [0.5, 0.6) is 0 Å². The van der Waals surface area contributed by atoms with Crippen molar-refractivity contribution < 1.29 is 14.8 Å². The topological polar surface area (TPSA) is 104 Å². The molecule has 2 amide bonds. The van der Waals surface area contributed by atoms with Gasteiger partial charge in [-0.25, -0.2) is 4.79 Å². The van der Waals surface area contributed by atoms with Gasteiger partial charge in [0, 0.05) is 24.4 Å². The molecule has 0 spiro atoms. The molecular weight excluding hydrogens is 262 g/mol. The predicted molar refractivity (Wildman–Crippen MR) is 75.6 cm³/mol. The van der Waals surface area contributed by atoms with E-state index in [0.717, 1.165) is 6.42 Å². The maximum Gasteiger partial charge on any atom is 0.319 e. The second-order valence-corrected chi connectivity index (χ2v) is 4.59. The number of urea groups is 1. The van der Waals surface area contributed by atoms with Gasteiger partial charge in [0.25, 0.3) is 5.69 Å². The number of hydrogen-bond donors (Lipinski definition) is 3. The highest BCUT2D eigenvalue weighted by Crippen LogP contribution is 2.15. The Morgan fingerprint density at radius 3 is 2.50 bits per heavy atom. The number of aliphatic hydroxyl groups is 1. The Morgan fingerprint density at radius 2 is 2.00 bits per heavy atom. The van der Waals surface area contributed by atoms with Gasteiger partial charge in [0.2, 0.25) is 0 Å². The second kappa shape index (κ2) is 7.44. The second-order valence-electron chi connectivity index (χ2n) is 4.59. The van der Waals surface area contributed by atoms with Crippen LogP contribution >= 0.6 is 0 Å². The van der Waals surface area contributed by atoms with E-state index in [2.05, 4.69) is 10.6 Å². The van der Waals surface area contributed by atoms with Crippen LogP contribution < -0.4 is 10.6 Å². The molecule has 1 aromatic rings. The standard InChI is InChI=1S/C13H19N3O4/c1-3-9(2)12(17)8-14-13(18)15-10-4-6-11(7-5-10)16(19)20/h4-7,9,12,17H,3,8H2,1-2H3,(H2,14,15,18). The molecule has 0 aliphatic carbocycles. The quantitative estimate of drug-likeness (QED) is 0.548. The highest BCUT2D eigenvalue weighted by atomic mass is 16.6. The molecule has 0 heterocycles. The Labute approximate surface area is 117 Å². The molecular formula is C13H19N3O4. The number of carbonyl (C=O) groups excluding carboxylic acids is 1. The molecule has 7 heteroatoms. The summed E-state index contributed by atoms with van der Waals surface area (Å²) in [5.74, 6) is 0.106. The van der Waals surface area contributed by atoms with Crippen LogP contribution in [0.1, 0.15) is 20.3 Å². The number of anilines is 1. The van der Waals surface area contributed by atoms with E-state index in [0.29, 0.717) is 5.69 Å². The number of rotatable bonds is 6. The molecule has 0 radical (unpaired) electrons. The molecule has 1 rings (SSSR count). The van der Waals surface area contributed by atoms with Crippen molar-refractivity contribution in [2.75, 3.05) is 11.9 Å². The third-order valence-corrected chi connectivity index (χ3v) is 3.11. The molecule has 0 aromatic heterocycles. The van der Waals surface area contributed by atoms with Crippen LogP contribution in [0.15, 0.2) is 24.3 Å². The summed E-state index contributed by atoms with van der Waals surface area (Å²) < 4.78 is 0. The highest BCUT2D eigenvalue weighted by Gasteiger charge is 2.13. The van der Waals surface area contributed by atoms with Crippen molar-refractivity contribution in [3.63, 3.8) is 0 Å². The van der Waals surface area contributed by atoms with E-state index in [-0.39, 0.29) is 18.2 Å². The van der Waals surface area contributed by atoms with Gasteiger partial charge in [0.15, 0.2) is 0 Å². The lowest BCUT2D eigenvalue weighted by atomic mass is 10.0. The Morgan fingerprint density at radius 1 is 1.40 bits per heavy atom. The molecule has 2 unspecified atom stereocenters. The van der Waals surface area contributed by atoms with Crippen LogP contribution in [0.2, 0.25) is 0 Å². The average Bonchev–Trinajstić information content (AvgIpc) is 2.44. The van der Waals surface area contributed by atoms with Crippen LogP contribution in [-0.4, -0.2) is 28.7 Å². The summed E-state index contributed by atoms with van der Waals surface area (Å²) in [5.41, 5.74) is 0.411. The molecule has 110 valence electrons. The van der Waals surface area contributed by atoms with Crippen molar-refractivity contribution in [2.24, 2.45) is 5.92 Å². The van der Waals surface area contributed by atoms with Crippen molar-refractivity contribution >= 4 is 17.4 Å². The minimum absolute atomic E-state index is 0.0387. The fraction of sp³-hybridized carbons (Fsp3) is 0.462. The largest absolute Gasteiger partial charge is 0.391 e. The van der Waals surface area contributed by atoms with Crippen LogP contribution in [0, 0.1) is 16.0 Å². The number of aliphatic hydroxyl groups excluding tert-OH is 1. The van der Waals surface area contributed by atoms with Crippen LogP contribution in [0.3, 0.4) is 0 Å². The third-order valence-electron chi connectivity index (χ3n) is 3.11. The summed E-state index contributed by atoms with van der Waals surface area (Å²) in [4.78, 5) is 21.6. The van der Waals surface area contributed by atoms with E-state index in [4.69, 9.17) is 0 Å². The molecule has 0 fully saturated rings. The molecule has 3 N–H and O–H groups in total. The number of hydrogen-bond acceptors (Lipinski definition) is 4. The number of nitro benzene ring substituents is 1.